The Hall–Kier alpha value is -3.60. The summed E-state index contributed by atoms with van der Waals surface area (Å²) in [5.74, 6) is -2.15. The molecule has 0 spiro atoms. The topological polar surface area (TPSA) is 97.0 Å². The van der Waals surface area contributed by atoms with Gasteiger partial charge in [0.15, 0.2) is 6.61 Å². The Morgan fingerprint density at radius 1 is 1.03 bits per heavy atom. The second-order valence-corrected chi connectivity index (χ2v) is 8.10. The Balaban J connectivity index is 1.58. The summed E-state index contributed by atoms with van der Waals surface area (Å²) in [6.45, 7) is 4.18. The minimum absolute atomic E-state index is 0.0501. The third kappa shape index (κ3) is 7.44. The Morgan fingerprint density at radius 3 is 2.31 bits per heavy atom. The fourth-order valence-electron chi connectivity index (χ4n) is 3.64. The smallest absolute Gasteiger partial charge is 0.416 e. The monoisotopic (exact) mass is 493 g/mol. The van der Waals surface area contributed by atoms with Crippen LogP contribution < -0.4 is 15.5 Å². The van der Waals surface area contributed by atoms with E-state index >= 15 is 0 Å². The van der Waals surface area contributed by atoms with Crippen molar-refractivity contribution in [3.05, 3.63) is 58.7 Å². The predicted molar refractivity (Wildman–Crippen MR) is 122 cm³/mol. The van der Waals surface area contributed by atoms with Crippen molar-refractivity contribution in [3.8, 4) is 0 Å². The molecule has 0 unspecified atom stereocenters. The maximum atomic E-state index is 13.2. The van der Waals surface area contributed by atoms with Crippen LogP contribution in [0.3, 0.4) is 0 Å². The lowest BCUT2D eigenvalue weighted by Crippen LogP contribution is -2.37. The molecule has 2 amide bonds. The molecular formula is C24H26F3N3O5. The number of esters is 1. The Kier molecular flexibility index (Phi) is 8.34. The van der Waals surface area contributed by atoms with Crippen LogP contribution in [0.4, 0.5) is 24.5 Å². The Labute approximate surface area is 200 Å². The number of anilines is 2. The highest BCUT2D eigenvalue weighted by Gasteiger charge is 2.32. The molecule has 3 rings (SSSR count). The van der Waals surface area contributed by atoms with Crippen molar-refractivity contribution in [2.45, 2.75) is 20.0 Å². The molecule has 0 aromatic heterocycles. The van der Waals surface area contributed by atoms with Crippen LogP contribution in [0, 0.1) is 13.8 Å². The van der Waals surface area contributed by atoms with Gasteiger partial charge in [0.05, 0.1) is 30.2 Å². The summed E-state index contributed by atoms with van der Waals surface area (Å²) in [4.78, 5) is 38.4. The number of ether oxygens (including phenoxy) is 2. The first kappa shape index (κ1) is 26.0. The number of nitrogens with one attached hydrogen (secondary N) is 2. The molecule has 1 aliphatic rings. The molecule has 188 valence electrons. The molecular weight excluding hydrogens is 467 g/mol. The predicted octanol–water partition coefficient (Wildman–Crippen LogP) is 3.07. The number of nitrogens with zero attached hydrogens (tertiary/aromatic N) is 1. The first-order valence-corrected chi connectivity index (χ1v) is 10.9. The molecule has 2 aromatic carbocycles. The standard InChI is InChI=1S/C24H26F3N3O5/c1-15-9-16(2)11-17(10-15)23(33)28-13-22(32)35-14-21(31)29-19-12-18(24(25,26)27)3-4-20(19)30-5-7-34-8-6-30/h3-4,9-12H,5-8,13-14H2,1-2H3,(H,28,33)(H,29,31). The highest BCUT2D eigenvalue weighted by atomic mass is 19.4. The van der Waals surface area contributed by atoms with Crippen LogP contribution in [0.2, 0.25) is 0 Å². The lowest BCUT2D eigenvalue weighted by atomic mass is 10.1. The number of morpholine rings is 1. The lowest BCUT2D eigenvalue weighted by Gasteiger charge is -2.31. The Bertz CT molecular complexity index is 1080. The van der Waals surface area contributed by atoms with Crippen LogP contribution in [-0.4, -0.2) is 57.2 Å². The van der Waals surface area contributed by atoms with Crippen molar-refractivity contribution < 1.29 is 37.0 Å². The van der Waals surface area contributed by atoms with Crippen LogP contribution >= 0.6 is 0 Å². The van der Waals surface area contributed by atoms with E-state index in [1.54, 1.807) is 17.0 Å². The molecule has 2 N–H and O–H groups in total. The SMILES string of the molecule is Cc1cc(C)cc(C(=O)NCC(=O)OCC(=O)Nc2cc(C(F)(F)F)ccc2N2CCOCC2)c1. The molecule has 1 aliphatic heterocycles. The second-order valence-electron chi connectivity index (χ2n) is 8.10. The molecule has 0 saturated carbocycles. The number of halogens is 3. The van der Waals surface area contributed by atoms with E-state index in [1.807, 2.05) is 19.9 Å². The van der Waals surface area contributed by atoms with Gasteiger partial charge in [-0.05, 0) is 44.2 Å². The normalized spacial score (nSPS) is 13.8. The summed E-state index contributed by atoms with van der Waals surface area (Å²) in [7, 11) is 0. The summed E-state index contributed by atoms with van der Waals surface area (Å²) in [5, 5.41) is 4.81. The zero-order chi connectivity index (χ0) is 25.6. The van der Waals surface area contributed by atoms with Gasteiger partial charge in [0.25, 0.3) is 11.8 Å². The third-order valence-corrected chi connectivity index (χ3v) is 5.19. The molecule has 8 nitrogen and oxygen atoms in total. The first-order chi connectivity index (χ1) is 16.5. The van der Waals surface area contributed by atoms with Gasteiger partial charge >= 0.3 is 12.1 Å². The number of aryl methyl sites for hydroxylation is 2. The molecule has 0 radical (unpaired) electrons. The van der Waals surface area contributed by atoms with Gasteiger partial charge in [-0.2, -0.15) is 13.2 Å². The molecule has 0 aliphatic carbocycles. The van der Waals surface area contributed by atoms with E-state index < -0.39 is 42.7 Å². The largest absolute Gasteiger partial charge is 0.454 e. The molecule has 35 heavy (non-hydrogen) atoms. The minimum atomic E-state index is -4.59. The first-order valence-electron chi connectivity index (χ1n) is 10.9. The van der Waals surface area contributed by atoms with Crippen LogP contribution in [0.25, 0.3) is 0 Å². The van der Waals surface area contributed by atoms with Crippen LogP contribution in [0.5, 0.6) is 0 Å². The number of carbonyl (C=O) groups excluding carboxylic acids is 3. The number of rotatable bonds is 7. The summed E-state index contributed by atoms with van der Waals surface area (Å²) >= 11 is 0. The van der Waals surface area contributed by atoms with E-state index in [0.29, 0.717) is 37.6 Å². The quantitative estimate of drug-likeness (QED) is 0.576. The van der Waals surface area contributed by atoms with Crippen molar-refractivity contribution in [1.29, 1.82) is 0 Å². The van der Waals surface area contributed by atoms with Crippen LogP contribution in [0.15, 0.2) is 36.4 Å². The van der Waals surface area contributed by atoms with Crippen LogP contribution in [0.1, 0.15) is 27.0 Å². The summed E-state index contributed by atoms with van der Waals surface area (Å²) in [6.07, 6.45) is -4.59. The van der Waals surface area contributed by atoms with E-state index in [9.17, 15) is 27.6 Å². The average molecular weight is 493 g/mol. The number of benzene rings is 2. The Morgan fingerprint density at radius 2 is 1.69 bits per heavy atom. The van der Waals surface area contributed by atoms with Gasteiger partial charge in [-0.25, -0.2) is 0 Å². The van der Waals surface area contributed by atoms with E-state index in [0.717, 1.165) is 23.3 Å². The highest BCUT2D eigenvalue weighted by Crippen LogP contribution is 2.35. The van der Waals surface area contributed by atoms with Gasteiger partial charge in [-0.3, -0.25) is 14.4 Å². The van der Waals surface area contributed by atoms with Gasteiger partial charge < -0.3 is 25.0 Å². The van der Waals surface area contributed by atoms with E-state index in [1.165, 1.54) is 6.07 Å². The van der Waals surface area contributed by atoms with Gasteiger partial charge in [0.1, 0.15) is 6.54 Å². The molecule has 1 saturated heterocycles. The number of alkyl halides is 3. The second kappa shape index (κ2) is 11.2. The molecule has 1 heterocycles. The molecule has 0 atom stereocenters. The summed E-state index contributed by atoms with van der Waals surface area (Å²) < 4.78 is 49.7. The van der Waals surface area contributed by atoms with Crippen molar-refractivity contribution in [2.75, 3.05) is 49.7 Å². The van der Waals surface area contributed by atoms with E-state index in [2.05, 4.69) is 10.6 Å². The third-order valence-electron chi connectivity index (χ3n) is 5.19. The van der Waals surface area contributed by atoms with Gasteiger partial charge in [-0.1, -0.05) is 17.2 Å². The molecule has 11 heteroatoms. The number of carbonyl (C=O) groups is 3. The summed E-state index contributed by atoms with van der Waals surface area (Å²) in [5.41, 5.74) is 1.59. The average Bonchev–Trinajstić information content (AvgIpc) is 2.80. The minimum Gasteiger partial charge on any atom is -0.454 e. The number of hydrogen-bond acceptors (Lipinski definition) is 6. The molecule has 2 aromatic rings. The van der Waals surface area contributed by atoms with Crippen molar-refractivity contribution in [1.82, 2.24) is 5.32 Å². The fourth-order valence-corrected chi connectivity index (χ4v) is 3.64. The zero-order valence-corrected chi connectivity index (χ0v) is 19.3. The van der Waals surface area contributed by atoms with Crippen LogP contribution in [-0.2, 0) is 25.2 Å². The summed E-state index contributed by atoms with van der Waals surface area (Å²) in [6, 6.07) is 8.31. The maximum absolute atomic E-state index is 13.2. The van der Waals surface area contributed by atoms with Crippen molar-refractivity contribution in [2.24, 2.45) is 0 Å². The zero-order valence-electron chi connectivity index (χ0n) is 19.3. The van der Waals surface area contributed by atoms with E-state index in [4.69, 9.17) is 9.47 Å². The lowest BCUT2D eigenvalue weighted by molar-refractivity contribution is -0.146. The molecule has 0 bridgehead atoms. The number of amides is 2. The fraction of sp³-hybridized carbons (Fsp3) is 0.375. The van der Waals surface area contributed by atoms with Gasteiger partial charge in [0.2, 0.25) is 0 Å². The molecule has 1 fully saturated rings. The van der Waals surface area contributed by atoms with Gasteiger partial charge in [0, 0.05) is 18.7 Å². The van der Waals surface area contributed by atoms with E-state index in [-0.39, 0.29) is 5.69 Å². The number of hydrogen-bond donors (Lipinski definition) is 2. The maximum Gasteiger partial charge on any atom is 0.416 e. The highest BCUT2D eigenvalue weighted by molar-refractivity contribution is 5.98. The van der Waals surface area contributed by atoms with Gasteiger partial charge in [-0.15, -0.1) is 0 Å². The van der Waals surface area contributed by atoms with Crippen molar-refractivity contribution >= 4 is 29.2 Å². The van der Waals surface area contributed by atoms with Crippen molar-refractivity contribution in [3.63, 3.8) is 0 Å².